The predicted molar refractivity (Wildman–Crippen MR) is 88.2 cm³/mol. The lowest BCUT2D eigenvalue weighted by atomic mass is 10.0. The lowest BCUT2D eigenvalue weighted by Gasteiger charge is -2.28. The van der Waals surface area contributed by atoms with E-state index in [0.717, 1.165) is 11.8 Å². The van der Waals surface area contributed by atoms with E-state index >= 15 is 0 Å². The summed E-state index contributed by atoms with van der Waals surface area (Å²) >= 11 is 0. The van der Waals surface area contributed by atoms with Crippen molar-refractivity contribution in [2.75, 3.05) is 6.54 Å². The third kappa shape index (κ3) is 3.92. The highest BCUT2D eigenvalue weighted by Gasteiger charge is 2.30. The van der Waals surface area contributed by atoms with E-state index in [-0.39, 0.29) is 11.5 Å². The number of hydrogen-bond donors (Lipinski definition) is 1. The van der Waals surface area contributed by atoms with Crippen molar-refractivity contribution in [1.82, 2.24) is 14.9 Å². The van der Waals surface area contributed by atoms with Gasteiger partial charge >= 0.3 is 6.18 Å². The lowest BCUT2D eigenvalue weighted by Crippen LogP contribution is -2.36. The summed E-state index contributed by atoms with van der Waals surface area (Å²) in [5.41, 5.74) is 1.20. The molecule has 1 aromatic heterocycles. The molecule has 1 aliphatic heterocycles. The van der Waals surface area contributed by atoms with Crippen LogP contribution in [0.25, 0.3) is 0 Å². The molecule has 3 rings (SSSR count). The molecule has 134 valence electrons. The van der Waals surface area contributed by atoms with Crippen LogP contribution in [0, 0.1) is 0 Å². The minimum absolute atomic E-state index is 0.140. The van der Waals surface area contributed by atoms with Crippen molar-refractivity contribution >= 4 is 0 Å². The molecule has 0 fully saturated rings. The van der Waals surface area contributed by atoms with Gasteiger partial charge in [0.05, 0.1) is 16.8 Å². The molecule has 0 aliphatic carbocycles. The maximum Gasteiger partial charge on any atom is 0.416 e. The summed E-state index contributed by atoms with van der Waals surface area (Å²) in [7, 11) is 0. The summed E-state index contributed by atoms with van der Waals surface area (Å²) in [4.78, 5) is 21.6. The van der Waals surface area contributed by atoms with Gasteiger partial charge in [-0.25, -0.2) is 4.98 Å². The maximum absolute atomic E-state index is 12.8. The molecule has 0 saturated carbocycles. The molecule has 4 nitrogen and oxygen atoms in total. The van der Waals surface area contributed by atoms with E-state index in [1.807, 2.05) is 18.7 Å². The fourth-order valence-corrected chi connectivity index (χ4v) is 3.01. The standard InChI is InChI=1S/C18H20F3N3O/c1-11(2)16-22-15-6-7-24(10-14(15)17(25)23-16)9-12-4-3-5-13(8-12)18(19,20)21/h3-5,8,11H,6-7,9-10H2,1-2H3,(H,22,23,25). The van der Waals surface area contributed by atoms with Crippen LogP contribution >= 0.6 is 0 Å². The zero-order valence-electron chi connectivity index (χ0n) is 14.2. The van der Waals surface area contributed by atoms with Gasteiger partial charge in [0.2, 0.25) is 0 Å². The molecule has 2 heterocycles. The molecule has 7 heteroatoms. The Kier molecular flexibility index (Phi) is 4.69. The molecule has 1 N–H and O–H groups in total. The van der Waals surface area contributed by atoms with E-state index < -0.39 is 11.7 Å². The second-order valence-corrected chi connectivity index (χ2v) is 6.69. The topological polar surface area (TPSA) is 49.0 Å². The maximum atomic E-state index is 12.8. The monoisotopic (exact) mass is 351 g/mol. The van der Waals surface area contributed by atoms with Crippen molar-refractivity contribution < 1.29 is 13.2 Å². The summed E-state index contributed by atoms with van der Waals surface area (Å²) in [5.74, 6) is 0.816. The van der Waals surface area contributed by atoms with Crippen LogP contribution < -0.4 is 5.56 Å². The Labute approximate surface area is 143 Å². The van der Waals surface area contributed by atoms with Crippen molar-refractivity contribution in [3.8, 4) is 0 Å². The van der Waals surface area contributed by atoms with Crippen LogP contribution in [0.15, 0.2) is 29.1 Å². The van der Waals surface area contributed by atoms with Gasteiger partial charge in [0.25, 0.3) is 5.56 Å². The zero-order valence-corrected chi connectivity index (χ0v) is 14.2. The first-order chi connectivity index (χ1) is 11.7. The van der Waals surface area contributed by atoms with E-state index in [4.69, 9.17) is 0 Å². The molecule has 0 bridgehead atoms. The number of alkyl halides is 3. The number of fused-ring (bicyclic) bond motifs is 1. The van der Waals surface area contributed by atoms with Crippen molar-refractivity contribution in [3.63, 3.8) is 0 Å². The Morgan fingerprint density at radius 2 is 2.08 bits per heavy atom. The van der Waals surface area contributed by atoms with Crippen molar-refractivity contribution in [2.24, 2.45) is 0 Å². The van der Waals surface area contributed by atoms with Gasteiger partial charge in [-0.3, -0.25) is 9.69 Å². The van der Waals surface area contributed by atoms with E-state index in [2.05, 4.69) is 9.97 Å². The van der Waals surface area contributed by atoms with Gasteiger partial charge in [0.15, 0.2) is 0 Å². The van der Waals surface area contributed by atoms with Crippen molar-refractivity contribution in [3.05, 3.63) is 62.8 Å². The average Bonchev–Trinajstić information content (AvgIpc) is 2.54. The molecule has 0 radical (unpaired) electrons. The number of benzene rings is 1. The fourth-order valence-electron chi connectivity index (χ4n) is 3.01. The van der Waals surface area contributed by atoms with Crippen LogP contribution in [-0.2, 0) is 25.7 Å². The van der Waals surface area contributed by atoms with E-state index in [0.29, 0.717) is 43.0 Å². The molecule has 2 aromatic rings. The van der Waals surface area contributed by atoms with Gasteiger partial charge in [-0.1, -0.05) is 32.0 Å². The number of aromatic nitrogens is 2. The van der Waals surface area contributed by atoms with Gasteiger partial charge in [-0.05, 0) is 11.6 Å². The highest BCUT2D eigenvalue weighted by Crippen LogP contribution is 2.30. The van der Waals surface area contributed by atoms with Crippen molar-refractivity contribution in [2.45, 2.75) is 45.5 Å². The van der Waals surface area contributed by atoms with Crippen LogP contribution in [0.1, 0.15) is 48.0 Å². The SMILES string of the molecule is CC(C)c1nc2c(c(=O)[nH]1)CN(Cc1cccc(C(F)(F)F)c1)CC2. The second-order valence-electron chi connectivity index (χ2n) is 6.69. The lowest BCUT2D eigenvalue weighted by molar-refractivity contribution is -0.137. The zero-order chi connectivity index (χ0) is 18.2. The average molecular weight is 351 g/mol. The normalized spacial score (nSPS) is 15.4. The van der Waals surface area contributed by atoms with Crippen LogP contribution in [0.4, 0.5) is 13.2 Å². The van der Waals surface area contributed by atoms with Crippen LogP contribution in [0.5, 0.6) is 0 Å². The van der Waals surface area contributed by atoms with Crippen LogP contribution in [0.2, 0.25) is 0 Å². The molecule has 25 heavy (non-hydrogen) atoms. The molecule has 0 spiro atoms. The number of hydrogen-bond acceptors (Lipinski definition) is 3. The van der Waals surface area contributed by atoms with E-state index in [1.54, 1.807) is 6.07 Å². The molecule has 1 aliphatic rings. The number of H-pyrrole nitrogens is 1. The Hall–Kier alpha value is -2.15. The fraction of sp³-hybridized carbons (Fsp3) is 0.444. The largest absolute Gasteiger partial charge is 0.416 e. The quantitative estimate of drug-likeness (QED) is 0.921. The predicted octanol–water partition coefficient (Wildman–Crippen LogP) is 3.47. The Morgan fingerprint density at radius 3 is 2.76 bits per heavy atom. The third-order valence-corrected chi connectivity index (χ3v) is 4.37. The number of aromatic amines is 1. The number of nitrogens with one attached hydrogen (secondary N) is 1. The van der Waals surface area contributed by atoms with E-state index in [1.165, 1.54) is 12.1 Å². The molecule has 0 atom stereocenters. The molecule has 0 amide bonds. The Bertz CT molecular complexity index is 827. The Morgan fingerprint density at radius 1 is 1.32 bits per heavy atom. The Balaban J connectivity index is 1.79. The van der Waals surface area contributed by atoms with Crippen LogP contribution in [-0.4, -0.2) is 21.4 Å². The molecule has 0 unspecified atom stereocenters. The second kappa shape index (κ2) is 6.63. The number of nitrogens with zero attached hydrogens (tertiary/aromatic N) is 2. The van der Waals surface area contributed by atoms with Gasteiger partial charge in [-0.2, -0.15) is 13.2 Å². The summed E-state index contributed by atoms with van der Waals surface area (Å²) in [6.07, 6.45) is -3.73. The molecule has 0 saturated heterocycles. The summed E-state index contributed by atoms with van der Waals surface area (Å²) in [5, 5.41) is 0. The molecule has 1 aromatic carbocycles. The van der Waals surface area contributed by atoms with Gasteiger partial charge < -0.3 is 4.98 Å². The first-order valence-corrected chi connectivity index (χ1v) is 8.24. The highest BCUT2D eigenvalue weighted by molar-refractivity contribution is 5.27. The van der Waals surface area contributed by atoms with Crippen molar-refractivity contribution in [1.29, 1.82) is 0 Å². The van der Waals surface area contributed by atoms with Gasteiger partial charge in [0, 0.05) is 32.0 Å². The molecular weight excluding hydrogens is 331 g/mol. The summed E-state index contributed by atoms with van der Waals surface area (Å²) < 4.78 is 38.5. The summed E-state index contributed by atoms with van der Waals surface area (Å²) in [6.45, 7) is 5.36. The minimum Gasteiger partial charge on any atom is -0.310 e. The smallest absolute Gasteiger partial charge is 0.310 e. The third-order valence-electron chi connectivity index (χ3n) is 4.37. The first kappa shape index (κ1) is 17.7. The van der Waals surface area contributed by atoms with Crippen LogP contribution in [0.3, 0.4) is 0 Å². The minimum atomic E-state index is -4.35. The number of rotatable bonds is 3. The van der Waals surface area contributed by atoms with Gasteiger partial charge in [-0.15, -0.1) is 0 Å². The first-order valence-electron chi connectivity index (χ1n) is 8.24. The highest BCUT2D eigenvalue weighted by atomic mass is 19.4. The number of halogens is 3. The van der Waals surface area contributed by atoms with E-state index in [9.17, 15) is 18.0 Å². The molecular formula is C18H20F3N3O. The van der Waals surface area contributed by atoms with Gasteiger partial charge in [0.1, 0.15) is 5.82 Å². The summed E-state index contributed by atoms with van der Waals surface area (Å²) in [6, 6.07) is 5.32.